The molecule has 2 rings (SSSR count). The highest BCUT2D eigenvalue weighted by Gasteiger charge is 2.32. The first-order valence-corrected chi connectivity index (χ1v) is 7.22. The lowest BCUT2D eigenvalue weighted by molar-refractivity contribution is -0.133. The highest BCUT2D eigenvalue weighted by Crippen LogP contribution is 2.30. The number of nitrogens with two attached hydrogens (primary N) is 1. The minimum absolute atomic E-state index is 0.156. The summed E-state index contributed by atoms with van der Waals surface area (Å²) in [6, 6.07) is 1.83. The summed E-state index contributed by atoms with van der Waals surface area (Å²) in [4.78, 5) is 31.2. The van der Waals surface area contributed by atoms with Crippen LogP contribution >= 0.6 is 11.8 Å². The molecule has 0 aromatic carbocycles. The van der Waals surface area contributed by atoms with E-state index in [4.69, 9.17) is 10.8 Å². The van der Waals surface area contributed by atoms with Gasteiger partial charge in [0.2, 0.25) is 5.91 Å². The number of carboxylic acids is 1. The standard InChI is InChI=1S/C13H16N4O3S/c1-7-4-8-10(15-5-7)17(13(2,3)11(14)20)12(16-8)21-6-9(18)19/h4-5H,6H2,1-3H3,(H2,14,20)(H,18,19). The van der Waals surface area contributed by atoms with E-state index in [1.54, 1.807) is 24.6 Å². The van der Waals surface area contributed by atoms with Crippen molar-refractivity contribution in [1.29, 1.82) is 0 Å². The van der Waals surface area contributed by atoms with E-state index in [0.29, 0.717) is 16.3 Å². The third-order valence-electron chi connectivity index (χ3n) is 3.09. The fourth-order valence-electron chi connectivity index (χ4n) is 1.88. The zero-order valence-electron chi connectivity index (χ0n) is 12.0. The average Bonchev–Trinajstić information content (AvgIpc) is 2.73. The lowest BCUT2D eigenvalue weighted by Crippen LogP contribution is -2.41. The van der Waals surface area contributed by atoms with Gasteiger partial charge in [0.25, 0.3) is 0 Å². The molecule has 0 aliphatic heterocycles. The zero-order chi connectivity index (χ0) is 15.8. The number of primary amides is 1. The second-order valence-electron chi connectivity index (χ2n) is 5.19. The van der Waals surface area contributed by atoms with Gasteiger partial charge >= 0.3 is 5.97 Å². The van der Waals surface area contributed by atoms with Crippen molar-refractivity contribution >= 4 is 34.8 Å². The van der Waals surface area contributed by atoms with Gasteiger partial charge in [-0.25, -0.2) is 9.97 Å². The van der Waals surface area contributed by atoms with Crippen molar-refractivity contribution in [2.24, 2.45) is 5.73 Å². The Balaban J connectivity index is 2.65. The van der Waals surface area contributed by atoms with Gasteiger partial charge in [0, 0.05) is 6.20 Å². The average molecular weight is 308 g/mol. The van der Waals surface area contributed by atoms with Crippen LogP contribution in [0.2, 0.25) is 0 Å². The van der Waals surface area contributed by atoms with Crippen LogP contribution in [0, 0.1) is 6.92 Å². The molecule has 0 bridgehead atoms. The third kappa shape index (κ3) is 2.85. The van der Waals surface area contributed by atoms with Gasteiger partial charge < -0.3 is 10.8 Å². The Bertz CT molecular complexity index is 724. The Morgan fingerprint density at radius 1 is 1.48 bits per heavy atom. The smallest absolute Gasteiger partial charge is 0.313 e. The van der Waals surface area contributed by atoms with Crippen LogP contribution in [0.5, 0.6) is 0 Å². The predicted molar refractivity (Wildman–Crippen MR) is 79.1 cm³/mol. The number of rotatable bonds is 5. The van der Waals surface area contributed by atoms with E-state index in [9.17, 15) is 9.59 Å². The van der Waals surface area contributed by atoms with Crippen molar-refractivity contribution in [2.45, 2.75) is 31.5 Å². The highest BCUT2D eigenvalue weighted by molar-refractivity contribution is 7.99. The summed E-state index contributed by atoms with van der Waals surface area (Å²) in [6.45, 7) is 5.19. The number of aliphatic carboxylic acids is 1. The van der Waals surface area contributed by atoms with Crippen LogP contribution in [0.25, 0.3) is 11.2 Å². The number of thioether (sulfide) groups is 1. The minimum atomic E-state index is -1.06. The number of carbonyl (C=O) groups is 2. The number of hydrogen-bond donors (Lipinski definition) is 2. The Kier molecular flexibility index (Phi) is 3.91. The topological polar surface area (TPSA) is 111 Å². The van der Waals surface area contributed by atoms with Crippen molar-refractivity contribution in [2.75, 3.05) is 5.75 Å². The third-order valence-corrected chi connectivity index (χ3v) is 4.01. The van der Waals surface area contributed by atoms with Crippen LogP contribution in [-0.2, 0) is 15.1 Å². The summed E-state index contributed by atoms with van der Waals surface area (Å²) in [5.41, 5.74) is 6.46. The summed E-state index contributed by atoms with van der Waals surface area (Å²) in [5, 5.41) is 9.24. The number of fused-ring (bicyclic) bond motifs is 1. The van der Waals surface area contributed by atoms with Gasteiger partial charge in [-0.05, 0) is 32.4 Å². The summed E-state index contributed by atoms with van der Waals surface area (Å²) >= 11 is 1.04. The Morgan fingerprint density at radius 2 is 2.14 bits per heavy atom. The number of hydrogen-bond acceptors (Lipinski definition) is 5. The molecule has 0 spiro atoms. The normalized spacial score (nSPS) is 11.8. The molecule has 1 amide bonds. The molecular formula is C13H16N4O3S. The lowest BCUT2D eigenvalue weighted by atomic mass is 10.1. The van der Waals surface area contributed by atoms with E-state index >= 15 is 0 Å². The lowest BCUT2D eigenvalue weighted by Gasteiger charge is -2.24. The van der Waals surface area contributed by atoms with Crippen molar-refractivity contribution < 1.29 is 14.7 Å². The molecule has 2 heterocycles. The maximum Gasteiger partial charge on any atom is 0.313 e. The molecule has 0 saturated heterocycles. The molecule has 8 heteroatoms. The number of aromatic nitrogens is 3. The Morgan fingerprint density at radius 3 is 2.71 bits per heavy atom. The van der Waals surface area contributed by atoms with E-state index in [1.807, 2.05) is 13.0 Å². The van der Waals surface area contributed by atoms with Crippen molar-refractivity contribution in [3.05, 3.63) is 17.8 Å². The maximum absolute atomic E-state index is 11.7. The summed E-state index contributed by atoms with van der Waals surface area (Å²) < 4.78 is 1.59. The maximum atomic E-state index is 11.7. The molecule has 0 unspecified atom stereocenters. The molecule has 2 aromatic rings. The first-order chi connectivity index (χ1) is 9.73. The fraction of sp³-hybridized carbons (Fsp3) is 0.385. The molecule has 112 valence electrons. The summed E-state index contributed by atoms with van der Waals surface area (Å²) in [7, 11) is 0. The van der Waals surface area contributed by atoms with Crippen molar-refractivity contribution in [1.82, 2.24) is 14.5 Å². The van der Waals surface area contributed by atoms with E-state index < -0.39 is 17.4 Å². The Hall–Kier alpha value is -2.09. The number of carbonyl (C=O) groups excluding carboxylic acids is 1. The molecule has 0 aliphatic rings. The molecule has 0 saturated carbocycles. The minimum Gasteiger partial charge on any atom is -0.481 e. The number of aryl methyl sites for hydroxylation is 1. The first-order valence-electron chi connectivity index (χ1n) is 6.23. The monoisotopic (exact) mass is 308 g/mol. The predicted octanol–water partition coefficient (Wildman–Crippen LogP) is 1.14. The van der Waals surface area contributed by atoms with Gasteiger partial charge in [0.1, 0.15) is 11.1 Å². The molecule has 0 atom stereocenters. The molecule has 0 aliphatic carbocycles. The van der Waals surface area contributed by atoms with E-state index in [-0.39, 0.29) is 5.75 Å². The summed E-state index contributed by atoms with van der Waals surface area (Å²) in [5.74, 6) is -1.65. The van der Waals surface area contributed by atoms with Gasteiger partial charge in [-0.3, -0.25) is 14.2 Å². The number of pyridine rings is 1. The van der Waals surface area contributed by atoms with Gasteiger partial charge in [-0.2, -0.15) is 0 Å². The van der Waals surface area contributed by atoms with Crippen LogP contribution in [0.4, 0.5) is 0 Å². The van der Waals surface area contributed by atoms with E-state index in [1.165, 1.54) is 0 Å². The molecule has 7 nitrogen and oxygen atoms in total. The second-order valence-corrected chi connectivity index (χ2v) is 6.13. The van der Waals surface area contributed by atoms with Gasteiger partial charge in [0.15, 0.2) is 10.8 Å². The largest absolute Gasteiger partial charge is 0.481 e. The van der Waals surface area contributed by atoms with Crippen molar-refractivity contribution in [3.8, 4) is 0 Å². The fourth-order valence-corrected chi connectivity index (χ4v) is 2.74. The highest BCUT2D eigenvalue weighted by atomic mass is 32.2. The molecule has 21 heavy (non-hydrogen) atoms. The first kappa shape index (κ1) is 15.3. The SMILES string of the molecule is Cc1cnc2c(c1)nc(SCC(=O)O)n2C(C)(C)C(N)=O. The van der Waals surface area contributed by atoms with Crippen LogP contribution in [0.15, 0.2) is 17.4 Å². The second kappa shape index (κ2) is 5.36. The molecule has 3 N–H and O–H groups in total. The van der Waals surface area contributed by atoms with Gasteiger partial charge in [0.05, 0.1) is 5.75 Å². The van der Waals surface area contributed by atoms with Crippen LogP contribution in [-0.4, -0.2) is 37.3 Å². The molecule has 0 radical (unpaired) electrons. The van der Waals surface area contributed by atoms with Crippen LogP contribution in [0.3, 0.4) is 0 Å². The number of carboxylic acid groups (broad SMARTS) is 1. The zero-order valence-corrected chi connectivity index (χ0v) is 12.8. The number of amides is 1. The van der Waals surface area contributed by atoms with Crippen molar-refractivity contribution in [3.63, 3.8) is 0 Å². The summed E-state index contributed by atoms with van der Waals surface area (Å²) in [6.07, 6.45) is 1.67. The van der Waals surface area contributed by atoms with Crippen LogP contribution in [0.1, 0.15) is 19.4 Å². The number of imidazole rings is 1. The van der Waals surface area contributed by atoms with Gasteiger partial charge in [-0.1, -0.05) is 11.8 Å². The quantitative estimate of drug-likeness (QED) is 0.801. The molecular weight excluding hydrogens is 292 g/mol. The van der Waals surface area contributed by atoms with E-state index in [2.05, 4.69) is 9.97 Å². The molecule has 0 fully saturated rings. The van der Waals surface area contributed by atoms with E-state index in [0.717, 1.165) is 17.3 Å². The van der Waals surface area contributed by atoms with Crippen LogP contribution < -0.4 is 5.73 Å². The Labute approximate surface area is 125 Å². The van der Waals surface area contributed by atoms with Gasteiger partial charge in [-0.15, -0.1) is 0 Å². The number of nitrogens with zero attached hydrogens (tertiary/aromatic N) is 3. The molecule has 2 aromatic heterocycles.